The number of hydrogen-bond donors (Lipinski definition) is 0. The molecule has 2 aliphatic rings. The number of halogens is 10. The number of thiophene rings is 3. The first kappa shape index (κ1) is 27.4. The minimum absolute atomic E-state index is 0.0352. The summed E-state index contributed by atoms with van der Waals surface area (Å²) >= 11 is 3.60. The van der Waals surface area contributed by atoms with Crippen LogP contribution >= 0.6 is 34.0 Å². The second-order valence-electron chi connectivity index (χ2n) is 9.61. The molecule has 7 rings (SSSR count). The monoisotopic (exact) mass is 644 g/mol. The lowest BCUT2D eigenvalue weighted by Gasteiger charge is -2.15. The molecule has 3 aromatic heterocycles. The van der Waals surface area contributed by atoms with Crippen molar-refractivity contribution < 1.29 is 43.9 Å². The molecule has 0 saturated carbocycles. The Morgan fingerprint density at radius 3 is 1.33 bits per heavy atom. The summed E-state index contributed by atoms with van der Waals surface area (Å²) in [4.78, 5) is 1.30. The topological polar surface area (TPSA) is 0 Å². The highest BCUT2D eigenvalue weighted by Gasteiger charge is 2.40. The molecule has 0 atom stereocenters. The van der Waals surface area contributed by atoms with E-state index in [0.717, 1.165) is 23.5 Å². The SMILES string of the molecule is Fc1cc(C2=c3sc4c(c3-c3sccc32)-c2sccc2C=4c2cc(C(F)(F)F)cc(C(F)(F)F)c2)cc(C(F)(F)F)c1. The Morgan fingerprint density at radius 1 is 0.500 bits per heavy atom. The van der Waals surface area contributed by atoms with Gasteiger partial charge in [-0.25, -0.2) is 4.39 Å². The van der Waals surface area contributed by atoms with Gasteiger partial charge in [-0.1, -0.05) is 0 Å². The maximum atomic E-state index is 14.5. The van der Waals surface area contributed by atoms with Crippen LogP contribution in [0.25, 0.3) is 32.0 Å². The van der Waals surface area contributed by atoms with Gasteiger partial charge in [-0.05, 0) is 70.4 Å². The van der Waals surface area contributed by atoms with Gasteiger partial charge < -0.3 is 0 Å². The third-order valence-electron chi connectivity index (χ3n) is 7.08. The third-order valence-corrected chi connectivity index (χ3v) is 10.2. The van der Waals surface area contributed by atoms with Gasteiger partial charge in [-0.2, -0.15) is 39.5 Å². The fourth-order valence-electron chi connectivity index (χ4n) is 5.43. The molecule has 2 aliphatic carbocycles. The largest absolute Gasteiger partial charge is 0.416 e. The lowest BCUT2D eigenvalue weighted by molar-refractivity contribution is -0.143. The van der Waals surface area contributed by atoms with E-state index in [1.807, 2.05) is 0 Å². The highest BCUT2D eigenvalue weighted by Crippen LogP contribution is 2.50. The number of alkyl halides is 9. The number of benzene rings is 2. The van der Waals surface area contributed by atoms with Gasteiger partial charge in [0.15, 0.2) is 0 Å². The standard InChI is InChI=1S/C29H10F10S3/c30-16-8-12(7-15(10-16)29(37,38)39)20-18-2-4-41-24(18)22-21-23-17(1-3-40-23)19(25(21)42-26(20)22)11-5-13(27(31,32)33)9-14(6-11)28(34,35)36/h1-10H. The van der Waals surface area contributed by atoms with Gasteiger partial charge >= 0.3 is 18.5 Å². The van der Waals surface area contributed by atoms with Gasteiger partial charge in [0.1, 0.15) is 5.82 Å². The molecule has 214 valence electrons. The van der Waals surface area contributed by atoms with E-state index in [2.05, 4.69) is 0 Å². The first-order chi connectivity index (χ1) is 19.6. The molecule has 0 saturated heterocycles. The number of hydrogen-bond acceptors (Lipinski definition) is 3. The summed E-state index contributed by atoms with van der Waals surface area (Å²) in [7, 11) is 0. The summed E-state index contributed by atoms with van der Waals surface area (Å²) in [5, 5.41) is 3.39. The Balaban J connectivity index is 1.59. The zero-order chi connectivity index (χ0) is 29.9. The molecule has 2 aromatic carbocycles. The Hall–Kier alpha value is -3.42. The van der Waals surface area contributed by atoms with Gasteiger partial charge in [0.05, 0.1) is 16.7 Å². The minimum atomic E-state index is -5.05. The molecule has 0 spiro atoms. The van der Waals surface area contributed by atoms with Crippen molar-refractivity contribution in [1.82, 2.24) is 0 Å². The smallest absolute Gasteiger partial charge is 0.207 e. The molecule has 42 heavy (non-hydrogen) atoms. The van der Waals surface area contributed by atoms with E-state index in [-0.39, 0.29) is 22.8 Å². The quantitative estimate of drug-likeness (QED) is 0.165. The minimum Gasteiger partial charge on any atom is -0.207 e. The molecule has 0 fully saturated rings. The predicted octanol–water partition coefficient (Wildman–Crippen LogP) is 9.52. The Bertz CT molecular complexity index is 2030. The molecule has 0 N–H and O–H groups in total. The second kappa shape index (κ2) is 8.80. The molecular weight excluding hydrogens is 635 g/mol. The van der Waals surface area contributed by atoms with Crippen LogP contribution in [0.2, 0.25) is 0 Å². The molecular formula is C29H10F10S3. The fourth-order valence-corrected chi connectivity index (χ4v) is 8.95. The van der Waals surface area contributed by atoms with Crippen LogP contribution in [0.1, 0.15) is 38.9 Å². The zero-order valence-electron chi connectivity index (χ0n) is 20.3. The Morgan fingerprint density at radius 2 is 0.905 bits per heavy atom. The Kier molecular flexibility index (Phi) is 5.75. The summed E-state index contributed by atoms with van der Waals surface area (Å²) in [5.41, 5.74) is -1.67. The molecule has 0 nitrogen and oxygen atoms in total. The van der Waals surface area contributed by atoms with E-state index in [1.54, 1.807) is 22.9 Å². The third kappa shape index (κ3) is 4.08. The van der Waals surface area contributed by atoms with Crippen molar-refractivity contribution >= 4 is 45.2 Å². The van der Waals surface area contributed by atoms with Crippen LogP contribution in [0.4, 0.5) is 43.9 Å². The van der Waals surface area contributed by atoms with E-state index < -0.39 is 41.0 Å². The van der Waals surface area contributed by atoms with Crippen LogP contribution in [-0.4, -0.2) is 0 Å². The van der Waals surface area contributed by atoms with Crippen molar-refractivity contribution in [2.24, 2.45) is 0 Å². The Labute approximate surface area is 241 Å². The summed E-state index contributed by atoms with van der Waals surface area (Å²) in [5.74, 6) is -1.10. The van der Waals surface area contributed by atoms with Crippen molar-refractivity contribution in [3.8, 4) is 20.9 Å². The van der Waals surface area contributed by atoms with E-state index in [4.69, 9.17) is 0 Å². The number of rotatable bonds is 2. The van der Waals surface area contributed by atoms with Gasteiger partial charge in [0.25, 0.3) is 0 Å². The van der Waals surface area contributed by atoms with Crippen LogP contribution in [-0.2, 0) is 18.5 Å². The van der Waals surface area contributed by atoms with E-state index in [9.17, 15) is 43.9 Å². The van der Waals surface area contributed by atoms with Gasteiger partial charge in [-0.3, -0.25) is 0 Å². The zero-order valence-corrected chi connectivity index (χ0v) is 22.7. The van der Waals surface area contributed by atoms with E-state index in [0.29, 0.717) is 64.8 Å². The molecule has 3 heterocycles. The van der Waals surface area contributed by atoms with Crippen LogP contribution < -0.4 is 9.06 Å². The van der Waals surface area contributed by atoms with Crippen molar-refractivity contribution in [3.63, 3.8) is 0 Å². The van der Waals surface area contributed by atoms with E-state index in [1.165, 1.54) is 22.7 Å². The van der Waals surface area contributed by atoms with Crippen molar-refractivity contribution in [2.45, 2.75) is 18.5 Å². The lowest BCUT2D eigenvalue weighted by Crippen LogP contribution is -2.12. The summed E-state index contributed by atoms with van der Waals surface area (Å²) in [6.45, 7) is 0. The normalized spacial score (nSPS) is 14.3. The van der Waals surface area contributed by atoms with Crippen LogP contribution in [0.15, 0.2) is 59.3 Å². The van der Waals surface area contributed by atoms with Gasteiger partial charge in [-0.15, -0.1) is 34.0 Å². The maximum Gasteiger partial charge on any atom is 0.416 e. The lowest BCUT2D eigenvalue weighted by atomic mass is 9.97. The highest BCUT2D eigenvalue weighted by molar-refractivity contribution is 7.17. The second-order valence-corrected chi connectivity index (χ2v) is 12.5. The molecule has 13 heteroatoms. The summed E-state index contributed by atoms with van der Waals surface area (Å²) in [6.07, 6.45) is -14.9. The molecule has 0 amide bonds. The highest BCUT2D eigenvalue weighted by atomic mass is 32.1. The summed E-state index contributed by atoms with van der Waals surface area (Å²) in [6, 6.07) is 6.94. The van der Waals surface area contributed by atoms with Crippen LogP contribution in [0, 0.1) is 5.82 Å². The molecule has 0 unspecified atom stereocenters. The fraction of sp³-hybridized carbons (Fsp3) is 0.103. The van der Waals surface area contributed by atoms with Crippen molar-refractivity contribution in [3.05, 3.63) is 113 Å². The molecule has 5 aromatic rings. The van der Waals surface area contributed by atoms with Crippen LogP contribution in [0.3, 0.4) is 0 Å². The molecule has 0 aliphatic heterocycles. The van der Waals surface area contributed by atoms with E-state index >= 15 is 0 Å². The van der Waals surface area contributed by atoms with Gasteiger partial charge in [0, 0.05) is 52.2 Å². The number of fused-ring (bicyclic) bond motifs is 7. The predicted molar refractivity (Wildman–Crippen MR) is 141 cm³/mol. The van der Waals surface area contributed by atoms with Crippen LogP contribution in [0.5, 0.6) is 0 Å². The first-order valence-electron chi connectivity index (χ1n) is 11.9. The first-order valence-corrected chi connectivity index (χ1v) is 14.5. The average molecular weight is 645 g/mol. The maximum absolute atomic E-state index is 14.5. The molecule has 0 radical (unpaired) electrons. The summed E-state index contributed by atoms with van der Waals surface area (Å²) < 4.78 is 138. The molecule has 0 bridgehead atoms. The average Bonchev–Trinajstić information content (AvgIpc) is 3.66. The van der Waals surface area contributed by atoms with Crippen molar-refractivity contribution in [2.75, 3.05) is 0 Å². The van der Waals surface area contributed by atoms with Crippen molar-refractivity contribution in [1.29, 1.82) is 0 Å². The van der Waals surface area contributed by atoms with Gasteiger partial charge in [0.2, 0.25) is 0 Å².